The number of urea groups is 1. The van der Waals surface area contributed by atoms with Crippen LogP contribution >= 0.6 is 22.6 Å². The SMILES string of the molecule is O=C(NO)c1ccc(CN(C(=O)N2CCN(C(c3ccccc3)c3ccccc3)CC2)c2cccc(I)c2)cc1. The van der Waals surface area contributed by atoms with Crippen LogP contribution in [0.2, 0.25) is 0 Å². The molecule has 1 heterocycles. The zero-order chi connectivity index (χ0) is 27.9. The van der Waals surface area contributed by atoms with E-state index in [2.05, 4.69) is 76.0 Å². The highest BCUT2D eigenvalue weighted by molar-refractivity contribution is 14.1. The Morgan fingerprint density at radius 3 is 1.95 bits per heavy atom. The lowest BCUT2D eigenvalue weighted by molar-refractivity contribution is 0.0706. The topological polar surface area (TPSA) is 76.1 Å². The number of halogens is 1. The molecule has 7 nitrogen and oxygen atoms in total. The summed E-state index contributed by atoms with van der Waals surface area (Å²) in [5.41, 5.74) is 6.19. The first-order chi connectivity index (χ1) is 19.5. The third-order valence-electron chi connectivity index (χ3n) is 7.19. The van der Waals surface area contributed by atoms with Crippen LogP contribution in [0.4, 0.5) is 10.5 Å². The largest absolute Gasteiger partial charge is 0.324 e. The molecular formula is C32H31IN4O3. The second-order valence-corrected chi connectivity index (χ2v) is 11.0. The molecule has 4 aromatic carbocycles. The smallest absolute Gasteiger partial charge is 0.322 e. The third-order valence-corrected chi connectivity index (χ3v) is 7.86. The van der Waals surface area contributed by atoms with Crippen molar-refractivity contribution in [2.75, 3.05) is 31.1 Å². The molecule has 3 amide bonds. The number of amides is 3. The highest BCUT2D eigenvalue weighted by atomic mass is 127. The lowest BCUT2D eigenvalue weighted by Gasteiger charge is -2.41. The predicted octanol–water partition coefficient (Wildman–Crippen LogP) is 5.94. The van der Waals surface area contributed by atoms with E-state index in [1.54, 1.807) is 34.6 Å². The fraction of sp³-hybridized carbons (Fsp3) is 0.188. The third kappa shape index (κ3) is 6.52. The summed E-state index contributed by atoms with van der Waals surface area (Å²) >= 11 is 2.26. The second-order valence-electron chi connectivity index (χ2n) is 9.73. The molecule has 0 unspecified atom stereocenters. The fourth-order valence-corrected chi connectivity index (χ4v) is 5.68. The molecule has 1 aliphatic heterocycles. The summed E-state index contributed by atoms with van der Waals surface area (Å²) in [4.78, 5) is 31.9. The molecule has 0 atom stereocenters. The molecule has 1 saturated heterocycles. The molecule has 204 valence electrons. The van der Waals surface area contributed by atoms with Crippen molar-refractivity contribution in [3.63, 3.8) is 0 Å². The summed E-state index contributed by atoms with van der Waals surface area (Å²) < 4.78 is 1.04. The summed E-state index contributed by atoms with van der Waals surface area (Å²) in [7, 11) is 0. The number of hydroxylamine groups is 1. The van der Waals surface area contributed by atoms with Crippen molar-refractivity contribution in [2.24, 2.45) is 0 Å². The Hall–Kier alpha value is -3.73. The Labute approximate surface area is 248 Å². The van der Waals surface area contributed by atoms with Crippen molar-refractivity contribution >= 4 is 40.2 Å². The number of rotatable bonds is 7. The average Bonchev–Trinajstić information content (AvgIpc) is 3.01. The van der Waals surface area contributed by atoms with Gasteiger partial charge in [0.15, 0.2) is 0 Å². The number of nitrogens with zero attached hydrogens (tertiary/aromatic N) is 3. The molecule has 5 rings (SSSR count). The first-order valence-electron chi connectivity index (χ1n) is 13.2. The molecule has 40 heavy (non-hydrogen) atoms. The van der Waals surface area contributed by atoms with Crippen LogP contribution < -0.4 is 10.4 Å². The highest BCUT2D eigenvalue weighted by Gasteiger charge is 2.30. The number of benzene rings is 4. The quantitative estimate of drug-likeness (QED) is 0.148. The fourth-order valence-electron chi connectivity index (χ4n) is 5.15. The molecule has 0 bridgehead atoms. The summed E-state index contributed by atoms with van der Waals surface area (Å²) in [5, 5.41) is 8.91. The van der Waals surface area contributed by atoms with Crippen LogP contribution in [0.15, 0.2) is 109 Å². The van der Waals surface area contributed by atoms with E-state index in [0.29, 0.717) is 25.2 Å². The molecule has 2 N–H and O–H groups in total. The number of nitrogens with one attached hydrogen (secondary N) is 1. The van der Waals surface area contributed by atoms with E-state index in [9.17, 15) is 9.59 Å². The predicted molar refractivity (Wildman–Crippen MR) is 164 cm³/mol. The van der Waals surface area contributed by atoms with Gasteiger partial charge < -0.3 is 4.90 Å². The van der Waals surface area contributed by atoms with Crippen molar-refractivity contribution in [3.05, 3.63) is 135 Å². The Kier molecular flexibility index (Phi) is 9.10. The Bertz CT molecular complexity index is 1390. The lowest BCUT2D eigenvalue weighted by atomic mass is 9.96. The standard InChI is InChI=1S/C32H31IN4O3/c33-28-12-7-13-29(22-28)37(23-24-14-16-27(17-15-24)31(38)34-40)32(39)36-20-18-35(19-21-36)30(25-8-3-1-4-9-25)26-10-5-2-6-11-26/h1-17,22,30,40H,18-21,23H2,(H,34,38). The number of carbonyl (C=O) groups is 2. The summed E-state index contributed by atoms with van der Waals surface area (Å²) in [6.07, 6.45) is 0. The van der Waals surface area contributed by atoms with Crippen LogP contribution in [0.3, 0.4) is 0 Å². The van der Waals surface area contributed by atoms with Gasteiger partial charge in [0.1, 0.15) is 0 Å². The Morgan fingerprint density at radius 2 is 1.40 bits per heavy atom. The number of anilines is 1. The zero-order valence-corrected chi connectivity index (χ0v) is 24.1. The van der Waals surface area contributed by atoms with Gasteiger partial charge in [-0.3, -0.25) is 19.8 Å². The van der Waals surface area contributed by atoms with Crippen LogP contribution in [0.25, 0.3) is 0 Å². The number of hydrogen-bond donors (Lipinski definition) is 2. The van der Waals surface area contributed by atoms with E-state index in [0.717, 1.165) is 27.9 Å². The van der Waals surface area contributed by atoms with Crippen molar-refractivity contribution in [2.45, 2.75) is 12.6 Å². The van der Waals surface area contributed by atoms with E-state index in [1.807, 2.05) is 41.3 Å². The molecule has 0 spiro atoms. The zero-order valence-electron chi connectivity index (χ0n) is 22.0. The van der Waals surface area contributed by atoms with Gasteiger partial charge in [0.05, 0.1) is 12.6 Å². The van der Waals surface area contributed by atoms with Crippen molar-refractivity contribution < 1.29 is 14.8 Å². The number of carbonyl (C=O) groups excluding carboxylic acids is 2. The summed E-state index contributed by atoms with van der Waals surface area (Å²) in [5.74, 6) is -0.570. The van der Waals surface area contributed by atoms with Gasteiger partial charge in [0, 0.05) is 41.0 Å². The van der Waals surface area contributed by atoms with Crippen molar-refractivity contribution in [1.82, 2.24) is 15.3 Å². The maximum Gasteiger partial charge on any atom is 0.324 e. The van der Waals surface area contributed by atoms with Crippen LogP contribution in [0, 0.1) is 3.57 Å². The highest BCUT2D eigenvalue weighted by Crippen LogP contribution is 2.30. The van der Waals surface area contributed by atoms with E-state index >= 15 is 0 Å². The average molecular weight is 647 g/mol. The van der Waals surface area contributed by atoms with Gasteiger partial charge in [-0.05, 0) is 69.6 Å². The van der Waals surface area contributed by atoms with Crippen LogP contribution in [0.1, 0.15) is 33.1 Å². The maximum absolute atomic E-state index is 14.0. The molecule has 8 heteroatoms. The van der Waals surface area contributed by atoms with E-state index in [4.69, 9.17) is 5.21 Å². The van der Waals surface area contributed by atoms with E-state index in [1.165, 1.54) is 11.1 Å². The van der Waals surface area contributed by atoms with E-state index < -0.39 is 5.91 Å². The minimum absolute atomic E-state index is 0.0465. The van der Waals surface area contributed by atoms with Crippen LogP contribution in [0.5, 0.6) is 0 Å². The molecular weight excluding hydrogens is 615 g/mol. The monoisotopic (exact) mass is 646 g/mol. The molecule has 0 saturated carbocycles. The van der Waals surface area contributed by atoms with E-state index in [-0.39, 0.29) is 12.1 Å². The molecule has 0 radical (unpaired) electrons. The van der Waals surface area contributed by atoms with Crippen molar-refractivity contribution in [3.8, 4) is 0 Å². The minimum Gasteiger partial charge on any atom is -0.322 e. The van der Waals surface area contributed by atoms with Crippen LogP contribution in [-0.4, -0.2) is 53.1 Å². The Balaban J connectivity index is 1.34. The molecule has 1 fully saturated rings. The van der Waals surface area contributed by atoms with Gasteiger partial charge in [-0.1, -0.05) is 78.9 Å². The summed E-state index contributed by atoms with van der Waals surface area (Å²) in [6, 6.07) is 35.9. The van der Waals surface area contributed by atoms with Crippen LogP contribution in [-0.2, 0) is 6.54 Å². The minimum atomic E-state index is -0.570. The first kappa shape index (κ1) is 27.8. The summed E-state index contributed by atoms with van der Waals surface area (Å²) in [6.45, 7) is 3.10. The van der Waals surface area contributed by atoms with Gasteiger partial charge in [0.2, 0.25) is 0 Å². The van der Waals surface area contributed by atoms with Gasteiger partial charge in [-0.25, -0.2) is 10.3 Å². The molecule has 0 aliphatic carbocycles. The number of hydrogen-bond acceptors (Lipinski definition) is 4. The lowest BCUT2D eigenvalue weighted by Crippen LogP contribution is -2.53. The molecule has 4 aromatic rings. The van der Waals surface area contributed by atoms with Gasteiger partial charge in [0.25, 0.3) is 5.91 Å². The van der Waals surface area contributed by atoms with Gasteiger partial charge in [-0.2, -0.15) is 0 Å². The normalized spacial score (nSPS) is 13.7. The Morgan fingerprint density at radius 1 is 0.800 bits per heavy atom. The van der Waals surface area contributed by atoms with Gasteiger partial charge in [-0.15, -0.1) is 0 Å². The second kappa shape index (κ2) is 13.1. The van der Waals surface area contributed by atoms with Gasteiger partial charge >= 0.3 is 6.03 Å². The molecule has 0 aromatic heterocycles. The molecule has 1 aliphatic rings. The van der Waals surface area contributed by atoms with Crippen molar-refractivity contribution in [1.29, 1.82) is 0 Å². The number of piperazine rings is 1. The maximum atomic E-state index is 14.0. The first-order valence-corrected chi connectivity index (χ1v) is 14.3.